The molecule has 0 saturated carbocycles. The van der Waals surface area contributed by atoms with E-state index in [1.807, 2.05) is 0 Å². The van der Waals surface area contributed by atoms with E-state index in [1.165, 1.54) is 24.3 Å². The largest absolute Gasteiger partial charge is 0.507 e. The molecule has 0 atom stereocenters. The Labute approximate surface area is 142 Å². The number of para-hydroxylation sites is 1. The molecule has 0 bridgehead atoms. The van der Waals surface area contributed by atoms with Crippen molar-refractivity contribution >= 4 is 17.3 Å². The highest BCUT2D eigenvalue weighted by atomic mass is 16.6. The number of aromatic hydroxyl groups is 1. The molecule has 0 aliphatic heterocycles. The summed E-state index contributed by atoms with van der Waals surface area (Å²) in [4.78, 5) is 22.5. The second-order valence-corrected chi connectivity index (χ2v) is 5.40. The van der Waals surface area contributed by atoms with Gasteiger partial charge in [-0.05, 0) is 30.7 Å². The number of aromatic nitrogens is 2. The number of nitrogens with one attached hydrogen (secondary N) is 2. The summed E-state index contributed by atoms with van der Waals surface area (Å²) in [7, 11) is 0. The normalized spacial score (nSPS) is 10.4. The highest BCUT2D eigenvalue weighted by molar-refractivity contribution is 6.03. The average molecular weight is 338 g/mol. The minimum Gasteiger partial charge on any atom is -0.507 e. The quantitative estimate of drug-likeness (QED) is 0.498. The minimum absolute atomic E-state index is 0.0969. The molecule has 1 aromatic heterocycles. The number of phenolic OH excluding ortho intramolecular Hbond substituents is 1. The van der Waals surface area contributed by atoms with Gasteiger partial charge in [-0.2, -0.15) is 5.10 Å². The number of benzene rings is 2. The van der Waals surface area contributed by atoms with E-state index < -0.39 is 10.8 Å². The molecular weight excluding hydrogens is 324 g/mol. The summed E-state index contributed by atoms with van der Waals surface area (Å²) in [5.41, 5.74) is 1.98. The fourth-order valence-corrected chi connectivity index (χ4v) is 2.34. The zero-order chi connectivity index (χ0) is 18.0. The smallest absolute Gasteiger partial charge is 0.273 e. The van der Waals surface area contributed by atoms with Gasteiger partial charge >= 0.3 is 0 Å². The van der Waals surface area contributed by atoms with Gasteiger partial charge in [-0.15, -0.1) is 0 Å². The lowest BCUT2D eigenvalue weighted by Crippen LogP contribution is -2.12. The van der Waals surface area contributed by atoms with Crippen molar-refractivity contribution in [3.8, 4) is 17.0 Å². The van der Waals surface area contributed by atoms with E-state index in [4.69, 9.17) is 0 Å². The molecule has 3 N–H and O–H groups in total. The van der Waals surface area contributed by atoms with E-state index >= 15 is 0 Å². The number of amides is 1. The zero-order valence-corrected chi connectivity index (χ0v) is 13.2. The third-order valence-corrected chi connectivity index (χ3v) is 3.65. The van der Waals surface area contributed by atoms with Gasteiger partial charge in [0.25, 0.3) is 11.6 Å². The lowest BCUT2D eigenvalue weighted by Gasteiger charge is -2.03. The third-order valence-electron chi connectivity index (χ3n) is 3.65. The molecule has 25 heavy (non-hydrogen) atoms. The molecule has 0 spiro atoms. The number of carbonyl (C=O) groups excluding carboxylic acids is 1. The first kappa shape index (κ1) is 16.2. The van der Waals surface area contributed by atoms with Crippen molar-refractivity contribution in [2.24, 2.45) is 0 Å². The van der Waals surface area contributed by atoms with Crippen molar-refractivity contribution in [1.29, 1.82) is 0 Å². The van der Waals surface area contributed by atoms with Crippen LogP contribution in [0.15, 0.2) is 48.5 Å². The SMILES string of the molecule is Cc1cccc(-c2cc(C(=O)Nc3cccc([N+](=O)[O-])c3)[nH]n2)c1O. The number of nitro benzene ring substituents is 1. The summed E-state index contributed by atoms with van der Waals surface area (Å²) >= 11 is 0. The summed E-state index contributed by atoms with van der Waals surface area (Å²) in [6.07, 6.45) is 0. The van der Waals surface area contributed by atoms with Crippen molar-refractivity contribution in [3.63, 3.8) is 0 Å². The molecule has 0 fully saturated rings. The van der Waals surface area contributed by atoms with Crippen molar-refractivity contribution in [2.45, 2.75) is 6.92 Å². The van der Waals surface area contributed by atoms with Gasteiger partial charge in [0.05, 0.1) is 10.6 Å². The number of hydrogen-bond acceptors (Lipinski definition) is 5. The Bertz CT molecular complexity index is 965. The van der Waals surface area contributed by atoms with Gasteiger partial charge in [0.1, 0.15) is 11.4 Å². The van der Waals surface area contributed by atoms with Crippen LogP contribution >= 0.6 is 0 Å². The maximum absolute atomic E-state index is 12.3. The third kappa shape index (κ3) is 3.32. The monoisotopic (exact) mass is 338 g/mol. The lowest BCUT2D eigenvalue weighted by molar-refractivity contribution is -0.384. The van der Waals surface area contributed by atoms with Gasteiger partial charge in [0.15, 0.2) is 0 Å². The molecule has 2 aromatic carbocycles. The van der Waals surface area contributed by atoms with Gasteiger partial charge in [-0.25, -0.2) is 0 Å². The molecule has 0 saturated heterocycles. The van der Waals surface area contributed by atoms with Gasteiger partial charge in [-0.3, -0.25) is 20.0 Å². The van der Waals surface area contributed by atoms with Crippen LogP contribution in [0, 0.1) is 17.0 Å². The minimum atomic E-state index is -0.537. The topological polar surface area (TPSA) is 121 Å². The van der Waals surface area contributed by atoms with Crippen LogP contribution in [-0.4, -0.2) is 26.1 Å². The van der Waals surface area contributed by atoms with E-state index in [1.54, 1.807) is 31.2 Å². The number of H-pyrrole nitrogens is 1. The van der Waals surface area contributed by atoms with Crippen LogP contribution in [0.4, 0.5) is 11.4 Å². The second kappa shape index (κ2) is 6.44. The van der Waals surface area contributed by atoms with E-state index in [9.17, 15) is 20.0 Å². The molecule has 3 aromatic rings. The maximum atomic E-state index is 12.3. The Morgan fingerprint density at radius 2 is 2.00 bits per heavy atom. The highest BCUT2D eigenvalue weighted by Crippen LogP contribution is 2.30. The van der Waals surface area contributed by atoms with Crippen LogP contribution in [0.2, 0.25) is 0 Å². The van der Waals surface area contributed by atoms with Crippen LogP contribution in [0.3, 0.4) is 0 Å². The fraction of sp³-hybridized carbons (Fsp3) is 0.0588. The number of carbonyl (C=O) groups is 1. The molecule has 0 unspecified atom stereocenters. The van der Waals surface area contributed by atoms with E-state index in [0.29, 0.717) is 22.5 Å². The average Bonchev–Trinajstić information content (AvgIpc) is 3.07. The number of phenols is 1. The highest BCUT2D eigenvalue weighted by Gasteiger charge is 2.15. The standard InChI is InChI=1S/C17H14N4O4/c1-10-4-2-7-13(16(10)22)14-9-15(20-19-14)17(23)18-11-5-3-6-12(8-11)21(24)25/h2-9,22H,1H3,(H,18,23)(H,19,20). The number of aryl methyl sites for hydroxylation is 1. The van der Waals surface area contributed by atoms with Crippen LogP contribution in [0.5, 0.6) is 5.75 Å². The van der Waals surface area contributed by atoms with Crippen molar-refractivity contribution in [2.75, 3.05) is 5.32 Å². The van der Waals surface area contributed by atoms with Crippen LogP contribution in [-0.2, 0) is 0 Å². The number of hydrogen-bond donors (Lipinski definition) is 3. The Balaban J connectivity index is 1.83. The molecule has 3 rings (SSSR count). The van der Waals surface area contributed by atoms with Crippen molar-refractivity contribution < 1.29 is 14.8 Å². The molecule has 126 valence electrons. The zero-order valence-electron chi connectivity index (χ0n) is 13.2. The molecule has 1 heterocycles. The van der Waals surface area contributed by atoms with Gasteiger partial charge in [0.2, 0.25) is 0 Å². The Kier molecular flexibility index (Phi) is 4.17. The van der Waals surface area contributed by atoms with E-state index in [0.717, 1.165) is 0 Å². The van der Waals surface area contributed by atoms with Crippen LogP contribution < -0.4 is 5.32 Å². The number of non-ortho nitro benzene ring substituents is 1. The maximum Gasteiger partial charge on any atom is 0.273 e. The molecule has 0 aliphatic carbocycles. The fourth-order valence-electron chi connectivity index (χ4n) is 2.34. The van der Waals surface area contributed by atoms with Gasteiger partial charge < -0.3 is 10.4 Å². The van der Waals surface area contributed by atoms with Crippen LogP contribution in [0.1, 0.15) is 16.1 Å². The van der Waals surface area contributed by atoms with Crippen LogP contribution in [0.25, 0.3) is 11.3 Å². The first-order chi connectivity index (χ1) is 12.0. The molecule has 8 nitrogen and oxygen atoms in total. The molecule has 0 radical (unpaired) electrons. The Morgan fingerprint density at radius 3 is 2.76 bits per heavy atom. The Hall–Kier alpha value is -3.68. The molecule has 0 aliphatic rings. The van der Waals surface area contributed by atoms with Gasteiger partial charge in [-0.1, -0.05) is 18.2 Å². The Morgan fingerprint density at radius 1 is 1.24 bits per heavy atom. The van der Waals surface area contributed by atoms with E-state index in [2.05, 4.69) is 15.5 Å². The first-order valence-corrected chi connectivity index (χ1v) is 7.36. The van der Waals surface area contributed by atoms with Crippen molar-refractivity contribution in [3.05, 3.63) is 69.9 Å². The summed E-state index contributed by atoms with van der Waals surface area (Å²) in [6.45, 7) is 1.77. The molecule has 8 heteroatoms. The molecular formula is C17H14N4O4. The lowest BCUT2D eigenvalue weighted by atomic mass is 10.1. The summed E-state index contributed by atoms with van der Waals surface area (Å²) in [5.74, 6) is -0.397. The number of nitro groups is 1. The number of aromatic amines is 1. The van der Waals surface area contributed by atoms with Crippen molar-refractivity contribution in [1.82, 2.24) is 10.2 Å². The van der Waals surface area contributed by atoms with E-state index in [-0.39, 0.29) is 17.1 Å². The summed E-state index contributed by atoms with van der Waals surface area (Å²) in [5, 5.41) is 30.1. The number of nitrogens with zero attached hydrogens (tertiary/aromatic N) is 2. The molecule has 1 amide bonds. The summed E-state index contributed by atoms with van der Waals surface area (Å²) < 4.78 is 0. The predicted octanol–water partition coefficient (Wildman–Crippen LogP) is 3.25. The number of rotatable bonds is 4. The van der Waals surface area contributed by atoms with Gasteiger partial charge in [0, 0.05) is 23.4 Å². The number of anilines is 1. The first-order valence-electron chi connectivity index (χ1n) is 7.36. The predicted molar refractivity (Wildman–Crippen MR) is 91.5 cm³/mol. The summed E-state index contributed by atoms with van der Waals surface area (Å²) in [6, 6.07) is 12.4. The second-order valence-electron chi connectivity index (χ2n) is 5.40.